The highest BCUT2D eigenvalue weighted by molar-refractivity contribution is 5.69. The van der Waals surface area contributed by atoms with Crippen LogP contribution in [0.2, 0.25) is 0 Å². The normalized spacial score (nSPS) is 38.6. The van der Waals surface area contributed by atoms with Gasteiger partial charge in [0.05, 0.1) is 12.2 Å². The van der Waals surface area contributed by atoms with Gasteiger partial charge < -0.3 is 45.9 Å². The summed E-state index contributed by atoms with van der Waals surface area (Å²) in [7, 11) is 0. The molecule has 1 aromatic heterocycles. The number of allylic oxidation sites excluding steroid dienone is 4. The molecule has 2 heterocycles. The number of nitrogen functional groups attached to an aromatic ring is 1. The molecular formula is C47H69F2N5O9. The molecule has 0 aromatic carbocycles. The SMILES string of the molecule is CC1/C(=C\C=C2/CCC[C@@]3(C)C2CCC3[C@@H](C)/C=C/C(O)C2CC2)CC(OC(=O)NC2CC(C)(C)CC(C)(NC(=O)OCC3OC(n4ccc(N)nc4=O)C(F)(F)C3O)C2)C[C@@H]1O. The lowest BCUT2D eigenvalue weighted by Gasteiger charge is -2.46. The molecule has 6 fully saturated rings. The molecule has 14 nitrogen and oxygen atoms in total. The highest BCUT2D eigenvalue weighted by atomic mass is 19.3. The van der Waals surface area contributed by atoms with Crippen LogP contribution < -0.4 is 22.1 Å². The van der Waals surface area contributed by atoms with Crippen molar-refractivity contribution in [3.8, 4) is 0 Å². The van der Waals surface area contributed by atoms with E-state index in [0.29, 0.717) is 60.3 Å². The molecule has 16 heteroatoms. The number of hydrogen-bond donors (Lipinski definition) is 6. The van der Waals surface area contributed by atoms with E-state index < -0.39 is 72.6 Å². The van der Waals surface area contributed by atoms with Gasteiger partial charge >= 0.3 is 23.8 Å². The number of halogens is 2. The lowest BCUT2D eigenvalue weighted by atomic mass is 9.61. The van der Waals surface area contributed by atoms with E-state index in [0.717, 1.165) is 49.9 Å². The molecule has 350 valence electrons. The number of alkyl halides is 2. The number of nitrogens with one attached hydrogen (secondary N) is 2. The van der Waals surface area contributed by atoms with Crippen LogP contribution in [0.3, 0.4) is 0 Å². The molecule has 2 amide bonds. The quantitative estimate of drug-likeness (QED) is 0.129. The number of aliphatic hydroxyl groups excluding tert-OH is 3. The van der Waals surface area contributed by atoms with Gasteiger partial charge in [-0.3, -0.25) is 4.57 Å². The van der Waals surface area contributed by atoms with E-state index in [1.54, 1.807) is 0 Å². The summed E-state index contributed by atoms with van der Waals surface area (Å²) < 4.78 is 47.2. The summed E-state index contributed by atoms with van der Waals surface area (Å²) in [6, 6.07) is 0.745. The van der Waals surface area contributed by atoms with Gasteiger partial charge in [0.25, 0.3) is 0 Å². The Morgan fingerprint density at radius 3 is 2.52 bits per heavy atom. The van der Waals surface area contributed by atoms with Crippen molar-refractivity contribution in [2.75, 3.05) is 12.3 Å². The lowest BCUT2D eigenvalue weighted by molar-refractivity contribution is -0.140. The highest BCUT2D eigenvalue weighted by Crippen LogP contribution is 2.59. The first-order chi connectivity index (χ1) is 29.6. The van der Waals surface area contributed by atoms with Crippen LogP contribution in [0.5, 0.6) is 0 Å². The zero-order valence-electron chi connectivity index (χ0n) is 37.6. The average Bonchev–Trinajstić information content (AvgIpc) is 3.93. The third kappa shape index (κ3) is 10.5. The first-order valence-corrected chi connectivity index (χ1v) is 23.0. The number of alkyl carbamates (subject to hydrolysis) is 2. The van der Waals surface area contributed by atoms with Gasteiger partial charge in [-0.05, 0) is 112 Å². The number of fused-ring (bicyclic) bond motifs is 1. The Morgan fingerprint density at radius 2 is 1.81 bits per heavy atom. The molecule has 5 saturated carbocycles. The van der Waals surface area contributed by atoms with Gasteiger partial charge in [0.1, 0.15) is 24.6 Å². The highest BCUT2D eigenvalue weighted by Gasteiger charge is 2.60. The largest absolute Gasteiger partial charge is 0.447 e. The van der Waals surface area contributed by atoms with Crippen molar-refractivity contribution in [1.29, 1.82) is 0 Å². The molecule has 0 spiro atoms. The summed E-state index contributed by atoms with van der Waals surface area (Å²) in [5.41, 5.74) is 5.85. The van der Waals surface area contributed by atoms with Gasteiger partial charge in [0, 0.05) is 36.5 Å². The summed E-state index contributed by atoms with van der Waals surface area (Å²) in [4.78, 5) is 42.3. The number of ether oxygens (including phenoxy) is 3. The van der Waals surface area contributed by atoms with Crippen LogP contribution in [-0.2, 0) is 14.2 Å². The van der Waals surface area contributed by atoms with E-state index in [1.807, 2.05) is 33.8 Å². The van der Waals surface area contributed by atoms with Gasteiger partial charge in [0.15, 0.2) is 6.10 Å². The minimum atomic E-state index is -3.90. The van der Waals surface area contributed by atoms with E-state index in [1.165, 1.54) is 18.4 Å². The number of carbonyl (C=O) groups excluding carboxylic acids is 2. The maximum atomic E-state index is 15.0. The lowest BCUT2D eigenvalue weighted by Crippen LogP contribution is -2.58. The van der Waals surface area contributed by atoms with Crippen molar-refractivity contribution in [2.24, 2.45) is 40.4 Å². The van der Waals surface area contributed by atoms with Crippen molar-refractivity contribution >= 4 is 18.0 Å². The first-order valence-electron chi connectivity index (χ1n) is 23.0. The van der Waals surface area contributed by atoms with Crippen LogP contribution in [0, 0.1) is 40.4 Å². The monoisotopic (exact) mass is 886 g/mol. The number of amides is 2. The fourth-order valence-corrected chi connectivity index (χ4v) is 12.1. The Balaban J connectivity index is 0.926. The molecule has 1 aromatic rings. The number of nitrogens with zero attached hydrogens (tertiary/aromatic N) is 2. The van der Waals surface area contributed by atoms with Crippen LogP contribution in [0.1, 0.15) is 125 Å². The maximum absolute atomic E-state index is 15.0. The average molecular weight is 886 g/mol. The number of aromatic nitrogens is 2. The molecule has 1 saturated heterocycles. The third-order valence-corrected chi connectivity index (χ3v) is 15.3. The fraction of sp³-hybridized carbons (Fsp3) is 0.745. The molecule has 63 heavy (non-hydrogen) atoms. The Kier molecular flexibility index (Phi) is 13.6. The molecule has 13 atom stereocenters. The fourth-order valence-electron chi connectivity index (χ4n) is 12.1. The van der Waals surface area contributed by atoms with Crippen molar-refractivity contribution in [3.63, 3.8) is 0 Å². The van der Waals surface area contributed by atoms with E-state index >= 15 is 8.78 Å². The number of hydrogen-bond acceptors (Lipinski definition) is 11. The second kappa shape index (κ2) is 18.2. The number of nitrogens with two attached hydrogens (primary N) is 1. The maximum Gasteiger partial charge on any atom is 0.407 e. The number of carbonyl (C=O) groups is 2. The van der Waals surface area contributed by atoms with Crippen molar-refractivity contribution in [3.05, 3.63) is 58.2 Å². The van der Waals surface area contributed by atoms with Crippen molar-refractivity contribution < 1.29 is 47.9 Å². The zero-order chi connectivity index (χ0) is 45.6. The van der Waals surface area contributed by atoms with Crippen LogP contribution in [0.15, 0.2) is 52.5 Å². The first kappa shape index (κ1) is 47.1. The number of aliphatic hydroxyl groups is 3. The van der Waals surface area contributed by atoms with Crippen molar-refractivity contribution in [2.45, 2.75) is 173 Å². The van der Waals surface area contributed by atoms with Gasteiger partial charge in [-0.1, -0.05) is 70.1 Å². The number of rotatable bonds is 11. The van der Waals surface area contributed by atoms with E-state index in [4.69, 9.17) is 19.9 Å². The Bertz CT molecular complexity index is 2000. The smallest absolute Gasteiger partial charge is 0.407 e. The zero-order valence-corrected chi connectivity index (χ0v) is 37.6. The summed E-state index contributed by atoms with van der Waals surface area (Å²) in [5, 5.41) is 37.8. The van der Waals surface area contributed by atoms with Crippen molar-refractivity contribution in [1.82, 2.24) is 20.2 Å². The molecule has 5 aliphatic carbocycles. The van der Waals surface area contributed by atoms with Gasteiger partial charge in [-0.2, -0.15) is 13.8 Å². The van der Waals surface area contributed by atoms with E-state index in [9.17, 15) is 29.7 Å². The topological polar surface area (TPSA) is 207 Å². The molecule has 10 unspecified atom stereocenters. The van der Waals surface area contributed by atoms with Gasteiger partial charge in [-0.15, -0.1) is 0 Å². The molecular weight excluding hydrogens is 817 g/mol. The summed E-state index contributed by atoms with van der Waals surface area (Å²) in [6.45, 7) is 11.9. The molecule has 0 radical (unpaired) electrons. The summed E-state index contributed by atoms with van der Waals surface area (Å²) in [6.07, 6.45) is 10.6. The van der Waals surface area contributed by atoms with Crippen LogP contribution in [0.4, 0.5) is 24.2 Å². The second-order valence-electron chi connectivity index (χ2n) is 21.0. The van der Waals surface area contributed by atoms with Gasteiger partial charge in [0.2, 0.25) is 6.23 Å². The minimum absolute atomic E-state index is 0.0863. The molecule has 7 N–H and O–H groups in total. The second-order valence-corrected chi connectivity index (χ2v) is 21.0. The molecule has 7 rings (SSSR count). The molecule has 6 aliphatic rings. The predicted molar refractivity (Wildman–Crippen MR) is 231 cm³/mol. The molecule has 0 bridgehead atoms. The van der Waals surface area contributed by atoms with E-state index in [-0.39, 0.29) is 28.7 Å². The summed E-state index contributed by atoms with van der Waals surface area (Å²) >= 11 is 0. The van der Waals surface area contributed by atoms with Crippen LogP contribution in [-0.4, -0.2) is 91.7 Å². The van der Waals surface area contributed by atoms with Crippen LogP contribution >= 0.6 is 0 Å². The van der Waals surface area contributed by atoms with E-state index in [2.05, 4.69) is 47.7 Å². The summed E-state index contributed by atoms with van der Waals surface area (Å²) in [5.74, 6) is -2.29. The standard InChI is InChI=1S/C47H69F2N5O9/c1-26(9-16-35(55)29-11-12-29)33-14-15-34-28(8-7-18-46(33,34)6)10-13-30-20-32(21-36(56)27(30)2)62-42(59)51-31-22-44(3,4)25-45(5,23-31)53-43(60)61-24-37-39(57)47(48,49)40(63-37)54-19-17-38(50)52-41(54)58/h9-10,13,16-17,19,26-27,29,31-37,39-40,55-57H,7-8,11-12,14-15,18,20-25H2,1-6H3,(H,51,59)(H,53,60)(H2,50,52,58)/b16-9+,28-10+,30-13-/t26-,27?,31?,32?,33?,34?,35?,36-,37?,39?,40?,45?,46+/m0/s1. The Labute approximate surface area is 369 Å². The molecule has 1 aliphatic heterocycles. The van der Waals surface area contributed by atoms with Crippen LogP contribution in [0.25, 0.3) is 0 Å². The minimum Gasteiger partial charge on any atom is -0.447 e. The number of anilines is 1. The Hall–Kier alpha value is -3.86. The predicted octanol–water partition coefficient (Wildman–Crippen LogP) is 6.70. The Morgan fingerprint density at radius 1 is 1.08 bits per heavy atom. The third-order valence-electron chi connectivity index (χ3n) is 15.3. The van der Waals surface area contributed by atoms with Gasteiger partial charge in [-0.25, -0.2) is 14.4 Å².